The maximum absolute atomic E-state index is 9.24. The highest BCUT2D eigenvalue weighted by molar-refractivity contribution is 5.70. The Morgan fingerprint density at radius 3 is 2.65 bits per heavy atom. The van der Waals surface area contributed by atoms with Gasteiger partial charge in [0, 0.05) is 23.8 Å². The van der Waals surface area contributed by atoms with Crippen molar-refractivity contribution >= 4 is 5.69 Å². The van der Waals surface area contributed by atoms with Gasteiger partial charge in [-0.15, -0.1) is 0 Å². The number of ether oxygens (including phenoxy) is 1. The Kier molecular flexibility index (Phi) is 2.66. The molecule has 3 nitrogen and oxygen atoms in total. The molecule has 1 atom stereocenters. The molecular weight excluding hydrogens is 214 g/mol. The molecule has 1 aromatic rings. The van der Waals surface area contributed by atoms with Gasteiger partial charge in [0.1, 0.15) is 5.75 Å². The highest BCUT2D eigenvalue weighted by atomic mass is 16.6. The molecule has 1 unspecified atom stereocenters. The molecule has 1 N–H and O–H groups in total. The Balaban J connectivity index is 2.47. The molecule has 0 bridgehead atoms. The zero-order valence-electron chi connectivity index (χ0n) is 10.8. The zero-order valence-corrected chi connectivity index (χ0v) is 10.8. The Hall–Kier alpha value is -1.48. The van der Waals surface area contributed by atoms with Crippen LogP contribution in [0, 0.1) is 0 Å². The maximum Gasteiger partial charge on any atom is 0.194 e. The fourth-order valence-corrected chi connectivity index (χ4v) is 2.30. The lowest BCUT2D eigenvalue weighted by Gasteiger charge is -2.22. The molecule has 0 fully saturated rings. The number of anilines is 1. The summed E-state index contributed by atoms with van der Waals surface area (Å²) in [5, 5.41) is 9.24. The molecular formula is C14H19NO2. The van der Waals surface area contributed by atoms with E-state index in [0.717, 1.165) is 11.4 Å². The third kappa shape index (κ3) is 1.80. The van der Waals surface area contributed by atoms with Gasteiger partial charge in [-0.3, -0.25) is 0 Å². The molecule has 1 heterocycles. The number of aliphatic hydroxyl groups excluding tert-OH is 1. The first-order chi connectivity index (χ1) is 7.84. The van der Waals surface area contributed by atoms with Crippen LogP contribution in [0.4, 0.5) is 5.69 Å². The number of fused-ring (bicyclic) bond motifs is 1. The maximum atomic E-state index is 9.24. The van der Waals surface area contributed by atoms with Gasteiger partial charge in [0.15, 0.2) is 6.29 Å². The molecule has 1 aliphatic heterocycles. The van der Waals surface area contributed by atoms with Crippen LogP contribution in [-0.2, 0) is 5.41 Å². The molecule has 3 heteroatoms. The first kappa shape index (κ1) is 12.0. The molecule has 0 radical (unpaired) electrons. The van der Waals surface area contributed by atoms with Crippen LogP contribution in [-0.4, -0.2) is 18.4 Å². The van der Waals surface area contributed by atoms with Crippen molar-refractivity contribution in [3.63, 3.8) is 0 Å². The summed E-state index contributed by atoms with van der Waals surface area (Å²) in [6, 6.07) is 5.86. The first-order valence-corrected chi connectivity index (χ1v) is 5.76. The quantitative estimate of drug-likeness (QED) is 0.797. The number of likely N-dealkylation sites (N-methyl/N-ethyl adjacent to an activating group) is 1. The van der Waals surface area contributed by atoms with Gasteiger partial charge >= 0.3 is 0 Å². The third-order valence-electron chi connectivity index (χ3n) is 3.44. The number of aliphatic hydroxyl groups is 1. The smallest absolute Gasteiger partial charge is 0.194 e. The molecule has 17 heavy (non-hydrogen) atoms. The van der Waals surface area contributed by atoms with Gasteiger partial charge in [-0.25, -0.2) is 0 Å². The molecule has 0 aromatic heterocycles. The Morgan fingerprint density at radius 2 is 2.06 bits per heavy atom. The van der Waals surface area contributed by atoms with Crippen LogP contribution in [0.25, 0.3) is 0 Å². The summed E-state index contributed by atoms with van der Waals surface area (Å²) >= 11 is 0. The predicted molar refractivity (Wildman–Crippen MR) is 69.3 cm³/mol. The summed E-state index contributed by atoms with van der Waals surface area (Å²) < 4.78 is 5.31. The average molecular weight is 233 g/mol. The van der Waals surface area contributed by atoms with E-state index in [1.54, 1.807) is 6.92 Å². The molecule has 0 saturated carbocycles. The van der Waals surface area contributed by atoms with Crippen LogP contribution in [0.1, 0.15) is 26.3 Å². The number of benzene rings is 1. The molecule has 0 spiro atoms. The highest BCUT2D eigenvalue weighted by Crippen LogP contribution is 2.47. The molecule has 0 saturated heterocycles. The monoisotopic (exact) mass is 233 g/mol. The summed E-state index contributed by atoms with van der Waals surface area (Å²) in [6.45, 7) is 10.0. The average Bonchev–Trinajstić information content (AvgIpc) is 2.40. The van der Waals surface area contributed by atoms with Crippen molar-refractivity contribution in [3.8, 4) is 5.75 Å². The van der Waals surface area contributed by atoms with E-state index in [9.17, 15) is 5.11 Å². The van der Waals surface area contributed by atoms with Crippen LogP contribution in [0.2, 0.25) is 0 Å². The predicted octanol–water partition coefficient (Wildman–Crippen LogP) is 2.64. The van der Waals surface area contributed by atoms with E-state index in [1.165, 1.54) is 5.56 Å². The fraction of sp³-hybridized carbons (Fsp3) is 0.429. The van der Waals surface area contributed by atoms with Crippen molar-refractivity contribution in [1.82, 2.24) is 0 Å². The molecule has 1 aliphatic rings. The second-order valence-electron chi connectivity index (χ2n) is 5.03. The van der Waals surface area contributed by atoms with E-state index in [0.29, 0.717) is 5.75 Å². The van der Waals surface area contributed by atoms with E-state index in [4.69, 9.17) is 4.74 Å². The number of rotatable bonds is 2. The van der Waals surface area contributed by atoms with Crippen molar-refractivity contribution in [3.05, 3.63) is 36.0 Å². The number of hydrogen-bond acceptors (Lipinski definition) is 3. The second kappa shape index (κ2) is 3.77. The van der Waals surface area contributed by atoms with Crippen LogP contribution in [0.5, 0.6) is 5.75 Å². The van der Waals surface area contributed by atoms with Crippen LogP contribution in [0.3, 0.4) is 0 Å². The van der Waals surface area contributed by atoms with Crippen LogP contribution < -0.4 is 9.64 Å². The van der Waals surface area contributed by atoms with Gasteiger partial charge in [-0.1, -0.05) is 20.4 Å². The van der Waals surface area contributed by atoms with E-state index in [2.05, 4.69) is 25.3 Å². The molecule has 1 aromatic carbocycles. The Labute approximate surface area is 102 Å². The van der Waals surface area contributed by atoms with Gasteiger partial charge in [-0.05, 0) is 30.7 Å². The lowest BCUT2D eigenvalue weighted by molar-refractivity contribution is -0.000357. The topological polar surface area (TPSA) is 32.7 Å². The Morgan fingerprint density at radius 1 is 1.41 bits per heavy atom. The van der Waals surface area contributed by atoms with Crippen LogP contribution >= 0.6 is 0 Å². The van der Waals surface area contributed by atoms with Crippen molar-refractivity contribution in [2.24, 2.45) is 0 Å². The largest absolute Gasteiger partial charge is 0.465 e. The SMILES string of the molecule is C=C1N(C)c2ccc(OC(C)O)cc2C1(C)C. The summed E-state index contributed by atoms with van der Waals surface area (Å²) in [5.41, 5.74) is 3.31. The highest BCUT2D eigenvalue weighted by Gasteiger charge is 2.37. The number of nitrogens with zero attached hydrogens (tertiary/aromatic N) is 1. The van der Waals surface area contributed by atoms with Crippen molar-refractivity contribution in [2.45, 2.75) is 32.5 Å². The van der Waals surface area contributed by atoms with Crippen molar-refractivity contribution in [1.29, 1.82) is 0 Å². The standard InChI is InChI=1S/C14H19NO2/c1-9-14(3,4)12-8-11(17-10(2)16)6-7-13(12)15(9)5/h6-8,10,16H,1H2,2-5H3. The van der Waals surface area contributed by atoms with Gasteiger partial charge in [-0.2, -0.15) is 0 Å². The summed E-state index contributed by atoms with van der Waals surface area (Å²) in [7, 11) is 2.02. The van der Waals surface area contributed by atoms with E-state index < -0.39 is 6.29 Å². The Bertz CT molecular complexity index is 463. The number of hydrogen-bond donors (Lipinski definition) is 1. The minimum atomic E-state index is -0.793. The van der Waals surface area contributed by atoms with E-state index >= 15 is 0 Å². The van der Waals surface area contributed by atoms with Gasteiger partial charge in [0.25, 0.3) is 0 Å². The molecule has 0 aliphatic carbocycles. The van der Waals surface area contributed by atoms with Gasteiger partial charge in [0.2, 0.25) is 0 Å². The van der Waals surface area contributed by atoms with E-state index in [1.807, 2.05) is 25.2 Å². The van der Waals surface area contributed by atoms with Gasteiger partial charge < -0.3 is 14.7 Å². The summed E-state index contributed by atoms with van der Waals surface area (Å²) in [6.07, 6.45) is -0.793. The van der Waals surface area contributed by atoms with Gasteiger partial charge in [0.05, 0.1) is 0 Å². The third-order valence-corrected chi connectivity index (χ3v) is 3.44. The summed E-state index contributed by atoms with van der Waals surface area (Å²) in [5.74, 6) is 0.690. The second-order valence-corrected chi connectivity index (χ2v) is 5.03. The molecule has 2 rings (SSSR count). The summed E-state index contributed by atoms with van der Waals surface area (Å²) in [4.78, 5) is 2.10. The fourth-order valence-electron chi connectivity index (χ4n) is 2.30. The molecule has 92 valence electrons. The first-order valence-electron chi connectivity index (χ1n) is 5.76. The molecule has 0 amide bonds. The lowest BCUT2D eigenvalue weighted by Crippen LogP contribution is -2.21. The number of allylic oxidation sites excluding steroid dienone is 1. The van der Waals surface area contributed by atoms with Crippen LogP contribution in [0.15, 0.2) is 30.5 Å². The minimum absolute atomic E-state index is 0.0951. The van der Waals surface area contributed by atoms with E-state index in [-0.39, 0.29) is 5.41 Å². The lowest BCUT2D eigenvalue weighted by atomic mass is 9.84. The van der Waals surface area contributed by atoms with Crippen molar-refractivity contribution < 1.29 is 9.84 Å². The minimum Gasteiger partial charge on any atom is -0.465 e. The normalized spacial score (nSPS) is 19.1. The zero-order chi connectivity index (χ0) is 12.8. The van der Waals surface area contributed by atoms with Crippen molar-refractivity contribution in [2.75, 3.05) is 11.9 Å².